The van der Waals surface area contributed by atoms with Gasteiger partial charge in [0.15, 0.2) is 0 Å². The highest BCUT2D eigenvalue weighted by atomic mass is 79.9. The van der Waals surface area contributed by atoms with Gasteiger partial charge in [-0.2, -0.15) is 0 Å². The standard InChI is InChI=1S/C14H15BrN2OS/c1-9-3-4-12(13(15)7-9)14(18)16-6-5-11-8-19-10(2)17-11/h3-4,7-8H,5-6H2,1-2H3,(H,16,18). The summed E-state index contributed by atoms with van der Waals surface area (Å²) < 4.78 is 0.828. The molecular formula is C14H15BrN2OS. The number of halogens is 1. The maximum Gasteiger partial charge on any atom is 0.252 e. The van der Waals surface area contributed by atoms with Gasteiger partial charge < -0.3 is 5.32 Å². The molecule has 0 aliphatic carbocycles. The van der Waals surface area contributed by atoms with Gasteiger partial charge in [0.2, 0.25) is 0 Å². The van der Waals surface area contributed by atoms with E-state index < -0.39 is 0 Å². The first-order valence-electron chi connectivity index (χ1n) is 6.01. The van der Waals surface area contributed by atoms with Crippen molar-refractivity contribution < 1.29 is 4.79 Å². The molecule has 0 fully saturated rings. The number of rotatable bonds is 4. The second-order valence-electron chi connectivity index (χ2n) is 4.35. The van der Waals surface area contributed by atoms with E-state index in [-0.39, 0.29) is 5.91 Å². The van der Waals surface area contributed by atoms with Crippen molar-refractivity contribution in [1.29, 1.82) is 0 Å². The van der Waals surface area contributed by atoms with Crippen LogP contribution >= 0.6 is 27.3 Å². The van der Waals surface area contributed by atoms with Crippen LogP contribution in [0.3, 0.4) is 0 Å². The molecule has 1 aromatic heterocycles. The van der Waals surface area contributed by atoms with Crippen molar-refractivity contribution in [2.24, 2.45) is 0 Å². The number of benzene rings is 1. The van der Waals surface area contributed by atoms with Crippen LogP contribution in [0, 0.1) is 13.8 Å². The number of aromatic nitrogens is 1. The molecule has 100 valence electrons. The summed E-state index contributed by atoms with van der Waals surface area (Å²) >= 11 is 5.05. The third-order valence-electron chi connectivity index (χ3n) is 2.70. The van der Waals surface area contributed by atoms with E-state index in [1.165, 1.54) is 0 Å². The van der Waals surface area contributed by atoms with Gasteiger partial charge in [-0.15, -0.1) is 11.3 Å². The topological polar surface area (TPSA) is 42.0 Å². The highest BCUT2D eigenvalue weighted by Gasteiger charge is 2.09. The van der Waals surface area contributed by atoms with Gasteiger partial charge in [-0.1, -0.05) is 6.07 Å². The summed E-state index contributed by atoms with van der Waals surface area (Å²) in [5.41, 5.74) is 2.83. The molecule has 0 saturated heterocycles. The zero-order valence-electron chi connectivity index (χ0n) is 10.9. The lowest BCUT2D eigenvalue weighted by molar-refractivity contribution is 0.0953. The normalized spacial score (nSPS) is 10.5. The molecule has 0 saturated carbocycles. The molecule has 1 heterocycles. The van der Waals surface area contributed by atoms with E-state index in [9.17, 15) is 4.79 Å². The fourth-order valence-corrected chi connectivity index (χ4v) is 3.05. The first-order chi connectivity index (χ1) is 9.06. The van der Waals surface area contributed by atoms with E-state index in [4.69, 9.17) is 0 Å². The molecule has 3 nitrogen and oxygen atoms in total. The predicted octanol–water partition coefficient (Wildman–Crippen LogP) is 3.49. The van der Waals surface area contributed by atoms with Crippen molar-refractivity contribution >= 4 is 33.2 Å². The maximum atomic E-state index is 12.0. The Balaban J connectivity index is 1.90. The quantitative estimate of drug-likeness (QED) is 0.926. The van der Waals surface area contributed by atoms with E-state index in [0.717, 1.165) is 27.2 Å². The fourth-order valence-electron chi connectivity index (χ4n) is 1.73. The minimum atomic E-state index is -0.0566. The Morgan fingerprint density at radius 1 is 1.42 bits per heavy atom. The Morgan fingerprint density at radius 2 is 2.21 bits per heavy atom. The zero-order chi connectivity index (χ0) is 13.8. The van der Waals surface area contributed by atoms with Gasteiger partial charge in [-0.3, -0.25) is 4.79 Å². The molecule has 0 atom stereocenters. The molecule has 1 aromatic carbocycles. The molecule has 0 spiro atoms. The predicted molar refractivity (Wildman–Crippen MR) is 81.8 cm³/mol. The first kappa shape index (κ1) is 14.2. The van der Waals surface area contributed by atoms with E-state index in [2.05, 4.69) is 26.2 Å². The number of nitrogens with one attached hydrogen (secondary N) is 1. The van der Waals surface area contributed by atoms with Gasteiger partial charge in [0.05, 0.1) is 16.3 Å². The van der Waals surface area contributed by atoms with E-state index in [0.29, 0.717) is 12.1 Å². The van der Waals surface area contributed by atoms with Crippen LogP contribution in [0.2, 0.25) is 0 Å². The van der Waals surface area contributed by atoms with Crippen LogP contribution in [-0.2, 0) is 6.42 Å². The van der Waals surface area contributed by atoms with Crippen LogP contribution in [0.1, 0.15) is 26.6 Å². The van der Waals surface area contributed by atoms with Crippen LogP contribution in [0.5, 0.6) is 0 Å². The van der Waals surface area contributed by atoms with Gasteiger partial charge in [0, 0.05) is 22.8 Å². The number of thiazole rings is 1. The fraction of sp³-hybridized carbons (Fsp3) is 0.286. The summed E-state index contributed by atoms with van der Waals surface area (Å²) in [7, 11) is 0. The zero-order valence-corrected chi connectivity index (χ0v) is 13.3. The molecule has 0 aliphatic rings. The second kappa shape index (κ2) is 6.30. The van der Waals surface area contributed by atoms with Crippen LogP contribution < -0.4 is 5.32 Å². The smallest absolute Gasteiger partial charge is 0.252 e. The number of carbonyl (C=O) groups excluding carboxylic acids is 1. The van der Waals surface area contributed by atoms with Crippen molar-refractivity contribution in [2.45, 2.75) is 20.3 Å². The Morgan fingerprint density at radius 3 is 2.84 bits per heavy atom. The van der Waals surface area contributed by atoms with Crippen molar-refractivity contribution in [3.63, 3.8) is 0 Å². The maximum absolute atomic E-state index is 12.0. The molecule has 5 heteroatoms. The van der Waals surface area contributed by atoms with E-state index in [1.54, 1.807) is 11.3 Å². The minimum absolute atomic E-state index is 0.0566. The highest BCUT2D eigenvalue weighted by Crippen LogP contribution is 2.18. The Labute approximate surface area is 125 Å². The van der Waals surface area contributed by atoms with Crippen LogP contribution in [0.25, 0.3) is 0 Å². The summed E-state index contributed by atoms with van der Waals surface area (Å²) in [5.74, 6) is -0.0566. The number of hydrogen-bond donors (Lipinski definition) is 1. The lowest BCUT2D eigenvalue weighted by Crippen LogP contribution is -2.26. The van der Waals surface area contributed by atoms with Crippen LogP contribution in [0.15, 0.2) is 28.1 Å². The third-order valence-corrected chi connectivity index (χ3v) is 4.18. The van der Waals surface area contributed by atoms with Crippen LogP contribution in [0.4, 0.5) is 0 Å². The summed E-state index contributed by atoms with van der Waals surface area (Å²) in [4.78, 5) is 16.4. The molecule has 2 aromatic rings. The molecule has 0 unspecified atom stereocenters. The number of carbonyl (C=O) groups is 1. The summed E-state index contributed by atoms with van der Waals surface area (Å²) in [6, 6.07) is 5.71. The number of hydrogen-bond acceptors (Lipinski definition) is 3. The van der Waals surface area contributed by atoms with Crippen molar-refractivity contribution in [3.05, 3.63) is 49.9 Å². The van der Waals surface area contributed by atoms with Crippen LogP contribution in [-0.4, -0.2) is 17.4 Å². The molecule has 0 aliphatic heterocycles. The monoisotopic (exact) mass is 338 g/mol. The summed E-state index contributed by atoms with van der Waals surface area (Å²) in [6.07, 6.45) is 0.763. The molecular weight excluding hydrogens is 324 g/mol. The third kappa shape index (κ3) is 3.88. The van der Waals surface area contributed by atoms with Gasteiger partial charge >= 0.3 is 0 Å². The number of nitrogens with zero attached hydrogens (tertiary/aromatic N) is 1. The first-order valence-corrected chi connectivity index (χ1v) is 7.69. The average Bonchev–Trinajstić information content (AvgIpc) is 2.75. The Kier molecular flexibility index (Phi) is 4.71. The van der Waals surface area contributed by atoms with Crippen molar-refractivity contribution in [3.8, 4) is 0 Å². The van der Waals surface area contributed by atoms with E-state index >= 15 is 0 Å². The van der Waals surface area contributed by atoms with E-state index in [1.807, 2.05) is 37.4 Å². The lowest BCUT2D eigenvalue weighted by atomic mass is 10.1. The van der Waals surface area contributed by atoms with Gasteiger partial charge in [0.25, 0.3) is 5.91 Å². The average molecular weight is 339 g/mol. The number of aryl methyl sites for hydroxylation is 2. The van der Waals surface area contributed by atoms with Gasteiger partial charge in [-0.05, 0) is 47.5 Å². The largest absolute Gasteiger partial charge is 0.352 e. The highest BCUT2D eigenvalue weighted by molar-refractivity contribution is 9.10. The van der Waals surface area contributed by atoms with Gasteiger partial charge in [-0.25, -0.2) is 4.98 Å². The number of amides is 1. The lowest BCUT2D eigenvalue weighted by Gasteiger charge is -2.06. The Bertz CT molecular complexity index is 595. The summed E-state index contributed by atoms with van der Waals surface area (Å²) in [5, 5.41) is 6.00. The molecule has 2 rings (SSSR count). The van der Waals surface area contributed by atoms with Crippen molar-refractivity contribution in [1.82, 2.24) is 10.3 Å². The van der Waals surface area contributed by atoms with Gasteiger partial charge in [0.1, 0.15) is 0 Å². The minimum Gasteiger partial charge on any atom is -0.352 e. The van der Waals surface area contributed by atoms with Crippen molar-refractivity contribution in [2.75, 3.05) is 6.54 Å². The molecule has 19 heavy (non-hydrogen) atoms. The second-order valence-corrected chi connectivity index (χ2v) is 6.26. The SMILES string of the molecule is Cc1ccc(C(=O)NCCc2csc(C)n2)c(Br)c1. The Hall–Kier alpha value is -1.20. The molecule has 0 bridgehead atoms. The molecule has 1 amide bonds. The summed E-state index contributed by atoms with van der Waals surface area (Å²) in [6.45, 7) is 4.58. The molecule has 1 N–H and O–H groups in total. The molecule has 0 radical (unpaired) electrons.